The molecular formula is C13H14F3N. The Morgan fingerprint density at radius 3 is 2.53 bits per heavy atom. The van der Waals surface area contributed by atoms with E-state index in [1.165, 1.54) is 0 Å². The second-order valence-electron chi connectivity index (χ2n) is 5.21. The van der Waals surface area contributed by atoms with Crippen molar-refractivity contribution < 1.29 is 13.2 Å². The summed E-state index contributed by atoms with van der Waals surface area (Å²) in [5, 5.41) is 0. The Bertz CT molecular complexity index is 414. The van der Waals surface area contributed by atoms with Crippen molar-refractivity contribution in [1.82, 2.24) is 4.90 Å². The van der Waals surface area contributed by atoms with E-state index in [0.717, 1.165) is 5.56 Å². The molecule has 0 bridgehead atoms. The van der Waals surface area contributed by atoms with E-state index in [9.17, 15) is 13.2 Å². The van der Waals surface area contributed by atoms with Gasteiger partial charge in [-0.3, -0.25) is 4.90 Å². The summed E-state index contributed by atoms with van der Waals surface area (Å²) in [5.41, 5.74) is -0.284. The number of hydrogen-bond acceptors (Lipinski definition) is 1. The first kappa shape index (κ1) is 11.1. The van der Waals surface area contributed by atoms with Gasteiger partial charge in [-0.1, -0.05) is 30.3 Å². The van der Waals surface area contributed by atoms with Gasteiger partial charge in [-0.05, 0) is 17.9 Å². The van der Waals surface area contributed by atoms with Crippen LogP contribution in [0.25, 0.3) is 0 Å². The average Bonchev–Trinajstić information content (AvgIpc) is 2.84. The van der Waals surface area contributed by atoms with Crippen molar-refractivity contribution >= 4 is 0 Å². The molecule has 0 radical (unpaired) electrons. The smallest absolute Gasteiger partial charge is 0.298 e. The molecule has 2 aliphatic rings. The van der Waals surface area contributed by atoms with Crippen LogP contribution < -0.4 is 0 Å². The van der Waals surface area contributed by atoms with Crippen LogP contribution in [0, 0.1) is 11.3 Å². The van der Waals surface area contributed by atoms with Crippen molar-refractivity contribution in [2.45, 2.75) is 19.1 Å². The normalized spacial score (nSPS) is 32.5. The topological polar surface area (TPSA) is 3.24 Å². The SMILES string of the molecule is FC(F)(F)[C@@]12C[C@@H]1CN(Cc1ccccc1)C2. The van der Waals surface area contributed by atoms with Crippen LogP contribution in [0.4, 0.5) is 13.2 Å². The number of nitrogens with zero attached hydrogens (tertiary/aromatic N) is 1. The summed E-state index contributed by atoms with van der Waals surface area (Å²) >= 11 is 0. The molecule has 0 N–H and O–H groups in total. The van der Waals surface area contributed by atoms with Crippen LogP contribution in [0.3, 0.4) is 0 Å². The number of rotatable bonds is 2. The summed E-state index contributed by atoms with van der Waals surface area (Å²) in [5.74, 6) is -0.161. The molecule has 2 atom stereocenters. The lowest BCUT2D eigenvalue weighted by Gasteiger charge is -2.22. The zero-order valence-electron chi connectivity index (χ0n) is 9.37. The molecule has 1 aromatic rings. The lowest BCUT2D eigenvalue weighted by molar-refractivity contribution is -0.188. The van der Waals surface area contributed by atoms with E-state index < -0.39 is 11.6 Å². The van der Waals surface area contributed by atoms with E-state index in [0.29, 0.717) is 19.5 Å². The molecule has 1 aliphatic heterocycles. The average molecular weight is 241 g/mol. The molecule has 2 fully saturated rings. The lowest BCUT2D eigenvalue weighted by atomic mass is 10.1. The van der Waals surface area contributed by atoms with Gasteiger partial charge in [0.05, 0.1) is 5.41 Å². The van der Waals surface area contributed by atoms with Gasteiger partial charge in [0.2, 0.25) is 0 Å². The van der Waals surface area contributed by atoms with Crippen LogP contribution in [0.15, 0.2) is 30.3 Å². The molecule has 1 saturated carbocycles. The first-order valence-electron chi connectivity index (χ1n) is 5.84. The Kier molecular flexibility index (Phi) is 2.27. The van der Waals surface area contributed by atoms with Crippen molar-refractivity contribution in [3.05, 3.63) is 35.9 Å². The number of alkyl halides is 3. The van der Waals surface area contributed by atoms with Crippen LogP contribution in [-0.2, 0) is 6.54 Å². The number of likely N-dealkylation sites (tertiary alicyclic amines) is 1. The van der Waals surface area contributed by atoms with Gasteiger partial charge in [0.15, 0.2) is 0 Å². The second kappa shape index (κ2) is 3.48. The van der Waals surface area contributed by atoms with Crippen molar-refractivity contribution in [2.24, 2.45) is 11.3 Å². The number of hydrogen-bond donors (Lipinski definition) is 0. The predicted molar refractivity (Wildman–Crippen MR) is 58.3 cm³/mol. The molecule has 1 nitrogen and oxygen atoms in total. The van der Waals surface area contributed by atoms with E-state index in [-0.39, 0.29) is 12.5 Å². The van der Waals surface area contributed by atoms with Gasteiger partial charge >= 0.3 is 6.18 Å². The highest BCUT2D eigenvalue weighted by Gasteiger charge is 2.73. The molecule has 0 spiro atoms. The summed E-state index contributed by atoms with van der Waals surface area (Å²) in [6.45, 7) is 1.40. The molecule has 17 heavy (non-hydrogen) atoms. The van der Waals surface area contributed by atoms with Gasteiger partial charge in [-0.15, -0.1) is 0 Å². The third-order valence-electron chi connectivity index (χ3n) is 4.03. The Labute approximate surface area is 98.2 Å². The highest BCUT2D eigenvalue weighted by atomic mass is 19.4. The summed E-state index contributed by atoms with van der Waals surface area (Å²) in [7, 11) is 0. The zero-order valence-corrected chi connectivity index (χ0v) is 9.37. The fourth-order valence-electron chi connectivity index (χ4n) is 2.99. The third-order valence-corrected chi connectivity index (χ3v) is 4.03. The maximum absolute atomic E-state index is 12.9. The second-order valence-corrected chi connectivity index (χ2v) is 5.21. The Morgan fingerprint density at radius 1 is 1.24 bits per heavy atom. The minimum Gasteiger partial charge on any atom is -0.298 e. The van der Waals surface area contributed by atoms with Crippen LogP contribution in [0.1, 0.15) is 12.0 Å². The number of benzene rings is 1. The van der Waals surface area contributed by atoms with E-state index in [4.69, 9.17) is 0 Å². The standard InChI is InChI=1S/C13H14F3N/c14-13(15,16)12-6-11(12)8-17(9-12)7-10-4-2-1-3-5-10/h1-5,11H,6-9H2/t11-,12-/m1/s1. The molecule has 1 saturated heterocycles. The Balaban J connectivity index is 1.67. The maximum Gasteiger partial charge on any atom is 0.396 e. The van der Waals surface area contributed by atoms with Gasteiger partial charge in [0.1, 0.15) is 0 Å². The number of halogens is 3. The molecule has 0 unspecified atom stereocenters. The highest BCUT2D eigenvalue weighted by molar-refractivity contribution is 5.18. The minimum absolute atomic E-state index is 0.161. The van der Waals surface area contributed by atoms with E-state index >= 15 is 0 Å². The first-order chi connectivity index (χ1) is 8.01. The molecule has 1 heterocycles. The maximum atomic E-state index is 12.9. The van der Waals surface area contributed by atoms with E-state index in [2.05, 4.69) is 0 Å². The Hall–Kier alpha value is -1.03. The molecule has 1 aliphatic carbocycles. The van der Waals surface area contributed by atoms with E-state index in [1.54, 1.807) is 0 Å². The quantitative estimate of drug-likeness (QED) is 0.769. The van der Waals surface area contributed by atoms with Gasteiger partial charge in [-0.2, -0.15) is 13.2 Å². The van der Waals surface area contributed by atoms with Gasteiger partial charge in [0.25, 0.3) is 0 Å². The minimum atomic E-state index is -4.02. The molecule has 0 aromatic heterocycles. The van der Waals surface area contributed by atoms with Crippen LogP contribution in [0.5, 0.6) is 0 Å². The third kappa shape index (κ3) is 1.75. The summed E-state index contributed by atoms with van der Waals surface area (Å²) in [6.07, 6.45) is -3.69. The molecule has 92 valence electrons. The van der Waals surface area contributed by atoms with Crippen LogP contribution in [-0.4, -0.2) is 24.2 Å². The molecular weight excluding hydrogens is 227 g/mol. The summed E-state index contributed by atoms with van der Waals surface area (Å²) < 4.78 is 38.6. The van der Waals surface area contributed by atoms with Crippen LogP contribution in [0.2, 0.25) is 0 Å². The fraction of sp³-hybridized carbons (Fsp3) is 0.538. The fourth-order valence-corrected chi connectivity index (χ4v) is 2.99. The molecule has 0 amide bonds. The van der Waals surface area contributed by atoms with Crippen molar-refractivity contribution in [1.29, 1.82) is 0 Å². The van der Waals surface area contributed by atoms with Crippen molar-refractivity contribution in [3.63, 3.8) is 0 Å². The van der Waals surface area contributed by atoms with Crippen molar-refractivity contribution in [3.8, 4) is 0 Å². The van der Waals surface area contributed by atoms with Crippen LogP contribution >= 0.6 is 0 Å². The summed E-state index contributed by atoms with van der Waals surface area (Å²) in [4.78, 5) is 1.93. The monoisotopic (exact) mass is 241 g/mol. The number of fused-ring (bicyclic) bond motifs is 1. The Morgan fingerprint density at radius 2 is 1.94 bits per heavy atom. The van der Waals surface area contributed by atoms with Gasteiger partial charge in [0, 0.05) is 19.6 Å². The summed E-state index contributed by atoms with van der Waals surface area (Å²) in [6, 6.07) is 9.69. The molecule has 1 aromatic carbocycles. The van der Waals surface area contributed by atoms with Gasteiger partial charge in [-0.25, -0.2) is 0 Å². The molecule has 4 heteroatoms. The predicted octanol–water partition coefficient (Wildman–Crippen LogP) is 3.07. The first-order valence-corrected chi connectivity index (χ1v) is 5.84. The number of piperidine rings is 1. The highest BCUT2D eigenvalue weighted by Crippen LogP contribution is 2.66. The zero-order chi connectivity index (χ0) is 12.1. The lowest BCUT2D eigenvalue weighted by Crippen LogP contribution is -2.32. The largest absolute Gasteiger partial charge is 0.396 e. The van der Waals surface area contributed by atoms with E-state index in [1.807, 2.05) is 35.2 Å². The molecule has 3 rings (SSSR count). The van der Waals surface area contributed by atoms with Crippen molar-refractivity contribution in [2.75, 3.05) is 13.1 Å². The van der Waals surface area contributed by atoms with Gasteiger partial charge < -0.3 is 0 Å².